The van der Waals surface area contributed by atoms with Gasteiger partial charge >= 0.3 is 0 Å². The number of rotatable bonds is 4. The van der Waals surface area contributed by atoms with Crippen LogP contribution in [0.1, 0.15) is 23.1 Å². The Hall–Kier alpha value is -1.17. The van der Waals surface area contributed by atoms with Crippen molar-refractivity contribution in [2.24, 2.45) is 5.73 Å². The molecule has 5 heteroatoms. The second-order valence-electron chi connectivity index (χ2n) is 3.88. The molecule has 1 heterocycles. The van der Waals surface area contributed by atoms with Gasteiger partial charge in [0.15, 0.2) is 0 Å². The number of benzene rings is 1. The van der Waals surface area contributed by atoms with Crippen molar-refractivity contribution >= 4 is 15.9 Å². The highest BCUT2D eigenvalue weighted by atomic mass is 79.9. The largest absolute Gasteiger partial charge is 0.462 e. The summed E-state index contributed by atoms with van der Waals surface area (Å²) in [6, 6.07) is 7.66. The Morgan fingerprint density at radius 2 is 2.17 bits per heavy atom. The van der Waals surface area contributed by atoms with E-state index in [4.69, 9.17) is 14.9 Å². The molecule has 1 aromatic heterocycles. The van der Waals surface area contributed by atoms with E-state index in [0.29, 0.717) is 28.2 Å². The van der Waals surface area contributed by atoms with Crippen molar-refractivity contribution in [1.82, 2.24) is 0 Å². The molecule has 1 atom stereocenters. The molecule has 18 heavy (non-hydrogen) atoms. The van der Waals surface area contributed by atoms with E-state index < -0.39 is 6.04 Å². The molecule has 0 amide bonds. The zero-order chi connectivity index (χ0) is 13.1. The van der Waals surface area contributed by atoms with Crippen LogP contribution in [0.25, 0.3) is 0 Å². The standard InChI is InChI=1S/C13H13BrFNO2/c1-17-7-9-3-5-12(18-9)13(16)10-4-2-8(14)6-11(10)15/h2-6,13H,7,16H2,1H3. The molecule has 0 aliphatic carbocycles. The molecular formula is C13H13BrFNO2. The number of ether oxygens (including phenoxy) is 1. The van der Waals surface area contributed by atoms with Crippen molar-refractivity contribution < 1.29 is 13.5 Å². The van der Waals surface area contributed by atoms with Gasteiger partial charge in [0, 0.05) is 17.1 Å². The maximum Gasteiger partial charge on any atom is 0.129 e. The summed E-state index contributed by atoms with van der Waals surface area (Å²) < 4.78 is 24.9. The predicted molar refractivity (Wildman–Crippen MR) is 69.6 cm³/mol. The lowest BCUT2D eigenvalue weighted by Gasteiger charge is -2.10. The Labute approximate surface area is 113 Å². The molecule has 0 bridgehead atoms. The third-order valence-electron chi connectivity index (χ3n) is 2.57. The summed E-state index contributed by atoms with van der Waals surface area (Å²) in [6.07, 6.45) is 0. The maximum absolute atomic E-state index is 13.8. The summed E-state index contributed by atoms with van der Waals surface area (Å²) in [5.74, 6) is 0.824. The highest BCUT2D eigenvalue weighted by Crippen LogP contribution is 2.26. The number of methoxy groups -OCH3 is 1. The summed E-state index contributed by atoms with van der Waals surface area (Å²) in [5, 5.41) is 0. The van der Waals surface area contributed by atoms with Crippen molar-refractivity contribution in [3.05, 3.63) is 57.7 Å². The number of hydrogen-bond donors (Lipinski definition) is 1. The Morgan fingerprint density at radius 3 is 2.83 bits per heavy atom. The Kier molecular flexibility index (Phi) is 4.16. The molecule has 0 radical (unpaired) electrons. The minimum atomic E-state index is -0.622. The summed E-state index contributed by atoms with van der Waals surface area (Å²) in [4.78, 5) is 0. The fourth-order valence-electron chi connectivity index (χ4n) is 1.69. The molecule has 3 nitrogen and oxygen atoms in total. The molecular weight excluding hydrogens is 301 g/mol. The van der Waals surface area contributed by atoms with Gasteiger partial charge in [-0.25, -0.2) is 4.39 Å². The maximum atomic E-state index is 13.8. The number of furan rings is 1. The van der Waals surface area contributed by atoms with E-state index in [1.807, 2.05) is 0 Å². The summed E-state index contributed by atoms with van der Waals surface area (Å²) in [6.45, 7) is 0.371. The first-order chi connectivity index (χ1) is 8.61. The molecule has 0 spiro atoms. The van der Waals surface area contributed by atoms with Gasteiger partial charge in [0.2, 0.25) is 0 Å². The average Bonchev–Trinajstić information content (AvgIpc) is 2.77. The van der Waals surface area contributed by atoms with E-state index in [1.54, 1.807) is 31.4 Å². The van der Waals surface area contributed by atoms with Gasteiger partial charge in [-0.15, -0.1) is 0 Å². The van der Waals surface area contributed by atoms with Crippen LogP contribution < -0.4 is 5.73 Å². The first-order valence-electron chi connectivity index (χ1n) is 5.40. The van der Waals surface area contributed by atoms with E-state index in [1.165, 1.54) is 6.07 Å². The molecule has 96 valence electrons. The first kappa shape index (κ1) is 13.3. The first-order valence-corrected chi connectivity index (χ1v) is 6.19. The van der Waals surface area contributed by atoms with Crippen LogP contribution >= 0.6 is 15.9 Å². The number of halogens is 2. The zero-order valence-electron chi connectivity index (χ0n) is 9.82. The topological polar surface area (TPSA) is 48.4 Å². The fourth-order valence-corrected chi connectivity index (χ4v) is 2.02. The molecule has 1 aromatic carbocycles. The van der Waals surface area contributed by atoms with Crippen LogP contribution in [0.5, 0.6) is 0 Å². The second-order valence-corrected chi connectivity index (χ2v) is 4.80. The quantitative estimate of drug-likeness (QED) is 0.941. The summed E-state index contributed by atoms with van der Waals surface area (Å²) >= 11 is 3.21. The van der Waals surface area contributed by atoms with Gasteiger partial charge in [0.25, 0.3) is 0 Å². The SMILES string of the molecule is COCc1ccc(C(N)c2ccc(Br)cc2F)o1. The van der Waals surface area contributed by atoms with Crippen LogP contribution in [0.3, 0.4) is 0 Å². The van der Waals surface area contributed by atoms with E-state index in [0.717, 1.165) is 0 Å². The van der Waals surface area contributed by atoms with Gasteiger partial charge in [-0.05, 0) is 24.3 Å². The number of hydrogen-bond acceptors (Lipinski definition) is 3. The van der Waals surface area contributed by atoms with E-state index >= 15 is 0 Å². The molecule has 2 rings (SSSR count). The lowest BCUT2D eigenvalue weighted by atomic mass is 10.1. The van der Waals surface area contributed by atoms with E-state index in [9.17, 15) is 4.39 Å². The molecule has 0 aliphatic rings. The minimum Gasteiger partial charge on any atom is -0.462 e. The van der Waals surface area contributed by atoms with Gasteiger partial charge in [-0.1, -0.05) is 22.0 Å². The van der Waals surface area contributed by atoms with Gasteiger partial charge in [-0.3, -0.25) is 0 Å². The lowest BCUT2D eigenvalue weighted by molar-refractivity contribution is 0.162. The van der Waals surface area contributed by atoms with Crippen LogP contribution in [0, 0.1) is 5.82 Å². The summed E-state index contributed by atoms with van der Waals surface area (Å²) in [5.41, 5.74) is 6.39. The lowest BCUT2D eigenvalue weighted by Crippen LogP contribution is -2.12. The molecule has 0 saturated carbocycles. The molecule has 0 aliphatic heterocycles. The van der Waals surface area contributed by atoms with Gasteiger partial charge in [-0.2, -0.15) is 0 Å². The predicted octanol–water partition coefficient (Wildman–Crippen LogP) is 3.38. The van der Waals surface area contributed by atoms with Crippen molar-refractivity contribution in [2.75, 3.05) is 7.11 Å². The van der Waals surface area contributed by atoms with Crippen LogP contribution in [0.2, 0.25) is 0 Å². The van der Waals surface area contributed by atoms with Crippen LogP contribution in [-0.4, -0.2) is 7.11 Å². The molecule has 0 saturated heterocycles. The van der Waals surface area contributed by atoms with Crippen LogP contribution in [0.4, 0.5) is 4.39 Å². The molecule has 1 unspecified atom stereocenters. The Morgan fingerprint density at radius 1 is 1.39 bits per heavy atom. The van der Waals surface area contributed by atoms with E-state index in [-0.39, 0.29) is 5.82 Å². The highest BCUT2D eigenvalue weighted by molar-refractivity contribution is 9.10. The smallest absolute Gasteiger partial charge is 0.129 e. The third-order valence-corrected chi connectivity index (χ3v) is 3.07. The molecule has 2 N–H and O–H groups in total. The molecule has 0 fully saturated rings. The second kappa shape index (κ2) is 5.65. The average molecular weight is 314 g/mol. The van der Waals surface area contributed by atoms with Gasteiger partial charge in [0.1, 0.15) is 23.9 Å². The van der Waals surface area contributed by atoms with Crippen molar-refractivity contribution in [3.63, 3.8) is 0 Å². The molecule has 2 aromatic rings. The Balaban J connectivity index is 2.26. The van der Waals surface area contributed by atoms with Gasteiger partial charge < -0.3 is 14.9 Å². The Bertz CT molecular complexity index is 542. The monoisotopic (exact) mass is 313 g/mol. The highest BCUT2D eigenvalue weighted by Gasteiger charge is 2.17. The summed E-state index contributed by atoms with van der Waals surface area (Å²) in [7, 11) is 1.58. The van der Waals surface area contributed by atoms with Crippen molar-refractivity contribution in [2.45, 2.75) is 12.6 Å². The minimum absolute atomic E-state index is 0.360. The fraction of sp³-hybridized carbons (Fsp3) is 0.231. The van der Waals surface area contributed by atoms with Crippen LogP contribution in [0.15, 0.2) is 39.2 Å². The van der Waals surface area contributed by atoms with Gasteiger partial charge in [0.05, 0.1) is 6.04 Å². The van der Waals surface area contributed by atoms with Crippen molar-refractivity contribution in [3.8, 4) is 0 Å². The third kappa shape index (κ3) is 2.80. The van der Waals surface area contributed by atoms with E-state index in [2.05, 4.69) is 15.9 Å². The van der Waals surface area contributed by atoms with Crippen LogP contribution in [-0.2, 0) is 11.3 Å². The zero-order valence-corrected chi connectivity index (χ0v) is 11.4. The van der Waals surface area contributed by atoms with Crippen molar-refractivity contribution in [1.29, 1.82) is 0 Å². The number of nitrogens with two attached hydrogens (primary N) is 1. The normalized spacial score (nSPS) is 12.7.